The zero-order valence-corrected chi connectivity index (χ0v) is 48.1. The van der Waals surface area contributed by atoms with Gasteiger partial charge in [0.2, 0.25) is 11.9 Å². The minimum absolute atomic E-state index is 0.0952. The van der Waals surface area contributed by atoms with Crippen molar-refractivity contribution in [3.63, 3.8) is 0 Å². The highest BCUT2D eigenvalue weighted by molar-refractivity contribution is 7.20. The van der Waals surface area contributed by atoms with E-state index in [0.717, 1.165) is 16.6 Å². The van der Waals surface area contributed by atoms with Crippen LogP contribution in [0.5, 0.6) is 0 Å². The lowest BCUT2D eigenvalue weighted by Crippen LogP contribution is -2.74. The molecule has 0 atom stereocenters. The Morgan fingerprint density at radius 3 is 1.23 bits per heavy atom. The van der Waals surface area contributed by atoms with Gasteiger partial charge in [-0.3, -0.25) is 9.13 Å². The molecule has 2 fully saturated rings. The van der Waals surface area contributed by atoms with Crippen molar-refractivity contribution in [3.05, 3.63) is 210 Å². The van der Waals surface area contributed by atoms with E-state index >= 15 is 0 Å². The highest BCUT2D eigenvalue weighted by Gasteiger charge is 2.48. The van der Waals surface area contributed by atoms with E-state index in [4.69, 9.17) is 15.0 Å². The van der Waals surface area contributed by atoms with Gasteiger partial charge in [-0.2, -0.15) is 15.0 Å². The van der Waals surface area contributed by atoms with Crippen LogP contribution in [-0.2, 0) is 22.9 Å². The molecule has 7 heterocycles. The van der Waals surface area contributed by atoms with Crippen LogP contribution < -0.4 is 20.7 Å². The molecule has 380 valence electrons. The molecule has 0 saturated carbocycles. The van der Waals surface area contributed by atoms with Gasteiger partial charge in [-0.15, -0.1) is 0 Å². The molecule has 15 rings (SSSR count). The summed E-state index contributed by atoms with van der Waals surface area (Å²) in [5, 5.41) is 10.4. The van der Waals surface area contributed by atoms with Crippen molar-refractivity contribution in [1.29, 1.82) is 0 Å². The SMILES string of the molecule is CC1(C)C[Si]2(CCCC2)Cc2cc3c4ccccc4n(-c4nc(-c5cccc([Si](c6ccccc6)(c6ccccc6)c6ccccc6)c5)nc(-n5c6ccccc6c6cc7c(cc65)C(C)(C)C[Si]5(CCCC5)C7)n4)c3cc21. The maximum atomic E-state index is 5.80. The fourth-order valence-corrected chi connectivity index (χ4v) is 34.0. The molecule has 5 nitrogen and oxygen atoms in total. The number of hydrogen-bond acceptors (Lipinski definition) is 3. The second kappa shape index (κ2) is 17.5. The largest absolute Gasteiger partial charge is 0.278 e. The Hall–Kier alpha value is -6.98. The Balaban J connectivity index is 1.01. The first-order chi connectivity index (χ1) is 37.5. The summed E-state index contributed by atoms with van der Waals surface area (Å²) in [7, 11) is -5.69. The Morgan fingerprint density at radius 2 is 0.792 bits per heavy atom. The van der Waals surface area contributed by atoms with Crippen molar-refractivity contribution in [2.45, 2.75) is 113 Å². The molecule has 4 aliphatic rings. The molecule has 0 unspecified atom stereocenters. The predicted molar refractivity (Wildman–Crippen MR) is 330 cm³/mol. The molecule has 77 heavy (non-hydrogen) atoms. The number of nitrogens with zero attached hydrogens (tertiary/aromatic N) is 5. The summed E-state index contributed by atoms with van der Waals surface area (Å²) in [5.41, 5.74) is 11.9. The molecule has 4 aliphatic heterocycles. The van der Waals surface area contributed by atoms with Gasteiger partial charge in [-0.05, 0) is 114 Å². The van der Waals surface area contributed by atoms with Gasteiger partial charge in [-0.25, -0.2) is 0 Å². The van der Waals surface area contributed by atoms with Crippen LogP contribution in [0.1, 0.15) is 75.6 Å². The molecular formula is C69H67N5Si3. The molecule has 0 amide bonds. The van der Waals surface area contributed by atoms with E-state index in [1.165, 1.54) is 138 Å². The summed E-state index contributed by atoms with van der Waals surface area (Å²) >= 11 is 0. The number of hydrogen-bond donors (Lipinski definition) is 0. The normalized spacial score (nSPS) is 18.2. The maximum absolute atomic E-state index is 5.80. The van der Waals surface area contributed by atoms with Gasteiger partial charge in [0, 0.05) is 27.1 Å². The zero-order valence-electron chi connectivity index (χ0n) is 45.1. The second-order valence-corrected chi connectivity index (χ2v) is 38.6. The molecule has 11 aromatic rings. The fourth-order valence-electron chi connectivity index (χ4n) is 16.7. The van der Waals surface area contributed by atoms with Crippen LogP contribution in [0.25, 0.3) is 66.9 Å². The molecule has 2 saturated heterocycles. The number of fused-ring (bicyclic) bond motifs is 8. The third kappa shape index (κ3) is 7.38. The van der Waals surface area contributed by atoms with Gasteiger partial charge in [0.25, 0.3) is 0 Å². The van der Waals surface area contributed by atoms with E-state index in [9.17, 15) is 0 Å². The average Bonchev–Trinajstić information content (AvgIpc) is 4.33. The quantitative estimate of drug-likeness (QED) is 0.118. The highest BCUT2D eigenvalue weighted by atomic mass is 28.3. The third-order valence-corrected chi connectivity index (χ3v) is 35.5. The van der Waals surface area contributed by atoms with E-state index in [2.05, 4.69) is 225 Å². The van der Waals surface area contributed by atoms with Crippen LogP contribution in [-0.4, -0.2) is 48.3 Å². The lowest BCUT2D eigenvalue weighted by atomic mass is 9.82. The first kappa shape index (κ1) is 47.3. The smallest absolute Gasteiger partial charge is 0.240 e. The fraction of sp³-hybridized carbons (Fsp3) is 0.261. The van der Waals surface area contributed by atoms with Gasteiger partial charge in [-0.1, -0.05) is 229 Å². The predicted octanol–water partition coefficient (Wildman–Crippen LogP) is 14.3. The summed E-state index contributed by atoms with van der Waals surface area (Å²) in [6.07, 6.45) is 5.64. The first-order valence-electron chi connectivity index (χ1n) is 28.7. The number of rotatable bonds is 7. The van der Waals surface area contributed by atoms with Crippen molar-refractivity contribution in [1.82, 2.24) is 24.1 Å². The Bertz CT molecular complexity index is 3850. The zero-order chi connectivity index (χ0) is 51.7. The summed E-state index contributed by atoms with van der Waals surface area (Å²) in [4.78, 5) is 17.3. The highest BCUT2D eigenvalue weighted by Crippen LogP contribution is 2.52. The molecule has 3 aromatic heterocycles. The van der Waals surface area contributed by atoms with Gasteiger partial charge in [0.05, 0.1) is 38.2 Å². The van der Waals surface area contributed by atoms with Crippen molar-refractivity contribution >= 4 is 88.6 Å². The standard InChI is InChI=1S/C69H67N5Si3/c1-68(2)46-75(35-18-19-36-75)44-49-40-57-55-31-14-16-33-61(55)73(63(57)42-59(49)68)66-70-65(48-23-22-30-54(39-48)77(51-24-8-5-9-25-51,52-26-10-6-11-27-52)53-28-12-7-13-29-53)71-67(72-66)74-62-34-17-15-32-56(62)58-41-50-45-76(37-20-21-38-76)47-69(3,4)60(50)43-64(58)74/h5-17,22-34,39-43H,18-21,35-38,44-47H2,1-4H3. The van der Waals surface area contributed by atoms with Crippen LogP contribution in [0.15, 0.2) is 188 Å². The molecular weight excluding hydrogens is 983 g/mol. The topological polar surface area (TPSA) is 48.5 Å². The minimum atomic E-state index is -2.90. The monoisotopic (exact) mass is 1050 g/mol. The van der Waals surface area contributed by atoms with Crippen molar-refractivity contribution in [2.24, 2.45) is 0 Å². The van der Waals surface area contributed by atoms with E-state index in [-0.39, 0.29) is 10.8 Å². The average molecular weight is 1050 g/mol. The van der Waals surface area contributed by atoms with Crippen LogP contribution in [0.3, 0.4) is 0 Å². The van der Waals surface area contributed by atoms with Gasteiger partial charge in [0.1, 0.15) is 0 Å². The Kier molecular flexibility index (Phi) is 10.7. The molecule has 0 N–H and O–H groups in total. The van der Waals surface area contributed by atoms with Gasteiger partial charge in [0.15, 0.2) is 13.9 Å². The Labute approximate surface area is 456 Å². The van der Waals surface area contributed by atoms with E-state index in [1.54, 1.807) is 11.1 Å². The van der Waals surface area contributed by atoms with Crippen molar-refractivity contribution in [2.75, 3.05) is 0 Å². The molecule has 0 radical (unpaired) electrons. The molecule has 0 bridgehead atoms. The molecule has 8 aromatic carbocycles. The second-order valence-electron chi connectivity index (χ2n) is 25.3. The summed E-state index contributed by atoms with van der Waals surface area (Å²) in [5.74, 6) is 1.96. The lowest BCUT2D eigenvalue weighted by Gasteiger charge is -2.43. The number of para-hydroxylation sites is 2. The minimum Gasteiger partial charge on any atom is -0.278 e. The Morgan fingerprint density at radius 1 is 0.390 bits per heavy atom. The van der Waals surface area contributed by atoms with Gasteiger partial charge >= 0.3 is 0 Å². The maximum Gasteiger partial charge on any atom is 0.240 e. The number of aromatic nitrogens is 5. The van der Waals surface area contributed by atoms with Crippen molar-refractivity contribution in [3.8, 4) is 23.3 Å². The van der Waals surface area contributed by atoms with Crippen molar-refractivity contribution < 1.29 is 0 Å². The van der Waals surface area contributed by atoms with Crippen LogP contribution in [0.4, 0.5) is 0 Å². The first-order valence-corrected chi connectivity index (χ1v) is 36.4. The van der Waals surface area contributed by atoms with E-state index in [0.29, 0.717) is 17.7 Å². The molecule has 0 aliphatic carbocycles. The third-order valence-electron chi connectivity index (χ3n) is 19.5. The lowest BCUT2D eigenvalue weighted by molar-refractivity contribution is 0.559. The molecule has 2 spiro atoms. The summed E-state index contributed by atoms with van der Waals surface area (Å²) in [6.45, 7) is 10.1. The van der Waals surface area contributed by atoms with E-state index in [1.807, 2.05) is 0 Å². The molecule has 8 heteroatoms. The van der Waals surface area contributed by atoms with E-state index < -0.39 is 24.2 Å². The number of benzene rings is 8. The van der Waals surface area contributed by atoms with Crippen LogP contribution >= 0.6 is 0 Å². The summed E-state index contributed by atoms with van der Waals surface area (Å²) in [6, 6.07) is 82.5. The van der Waals surface area contributed by atoms with Crippen LogP contribution in [0, 0.1) is 0 Å². The van der Waals surface area contributed by atoms with Gasteiger partial charge < -0.3 is 0 Å². The van der Waals surface area contributed by atoms with Crippen LogP contribution in [0.2, 0.25) is 36.3 Å². The summed E-state index contributed by atoms with van der Waals surface area (Å²) < 4.78 is 4.77.